The second-order valence-corrected chi connectivity index (χ2v) is 13.9. The quantitative estimate of drug-likeness (QED) is 0.0897. The number of hydrogen-bond donors (Lipinski definition) is 0. The molecule has 0 saturated carbocycles. The van der Waals surface area contributed by atoms with Crippen LogP contribution in [0.3, 0.4) is 0 Å². The normalized spacial score (nSPS) is 15.4. The number of aromatic nitrogens is 3. The Morgan fingerprint density at radius 3 is 2.50 bits per heavy atom. The third-order valence-electron chi connectivity index (χ3n) is 8.56. The highest BCUT2D eigenvalue weighted by molar-refractivity contribution is 6.31. The van der Waals surface area contributed by atoms with Crippen LogP contribution in [0, 0.1) is 12.3 Å². The fourth-order valence-electron chi connectivity index (χ4n) is 6.10. The topological polar surface area (TPSA) is 78.2 Å². The smallest absolute Gasteiger partial charge is 0.339 e. The lowest BCUT2D eigenvalue weighted by molar-refractivity contribution is -0.164. The Morgan fingerprint density at radius 1 is 1.10 bits per heavy atom. The second kappa shape index (κ2) is 14.4. The van der Waals surface area contributed by atoms with Crippen molar-refractivity contribution in [1.82, 2.24) is 14.6 Å². The van der Waals surface area contributed by atoms with E-state index in [9.17, 15) is 4.79 Å². The van der Waals surface area contributed by atoms with Crippen LogP contribution in [-0.2, 0) is 14.3 Å². The number of rotatable bonds is 11. The lowest BCUT2D eigenvalue weighted by Gasteiger charge is -2.40. The van der Waals surface area contributed by atoms with Crippen molar-refractivity contribution in [2.45, 2.75) is 59.2 Å². The van der Waals surface area contributed by atoms with Crippen LogP contribution in [0.2, 0.25) is 5.02 Å². The molecule has 1 unspecified atom stereocenters. The van der Waals surface area contributed by atoms with Crippen molar-refractivity contribution >= 4 is 29.0 Å². The summed E-state index contributed by atoms with van der Waals surface area (Å²) in [6, 6.07) is 15.7. The molecule has 0 spiro atoms. The van der Waals surface area contributed by atoms with Crippen LogP contribution in [0.4, 0.5) is 5.82 Å². The number of carbonyl (C=O) groups excluding carboxylic acids is 1. The first-order valence-corrected chi connectivity index (χ1v) is 16.6. The molecular weight excluding hydrogens is 624 g/mol. The Morgan fingerprint density at radius 2 is 1.83 bits per heavy atom. The molecule has 9 heteroatoms. The molecule has 1 saturated heterocycles. The zero-order valence-electron chi connectivity index (χ0n) is 28.8. The lowest BCUT2D eigenvalue weighted by Crippen LogP contribution is -2.40. The van der Waals surface area contributed by atoms with Crippen LogP contribution in [0.15, 0.2) is 86.0 Å². The number of anilines is 1. The average molecular weight is 669 g/mol. The molecule has 2 aromatic carbocycles. The molecule has 3 heterocycles. The Hall–Kier alpha value is -4.40. The standard InChI is InChI=1S/C39H45ClN4O4/c1-9-11-17-39(7)18-20-43(21-19-39)36-34(35(37(45)46-8)48-38(4,5)6)26(3)41-33-25-31(42-44(33)36)28-14-12-13-27(23-28)30-24-29(40)15-16-32(30)47-22-10-2/h9-17,23-25,35H,1-2,18-22H2,3-8H3/b17-11+. The summed E-state index contributed by atoms with van der Waals surface area (Å²) in [6.45, 7) is 19.5. The Balaban J connectivity index is 1.66. The molecular formula is C39H45ClN4O4. The van der Waals surface area contributed by atoms with Gasteiger partial charge >= 0.3 is 5.97 Å². The summed E-state index contributed by atoms with van der Waals surface area (Å²) in [5.74, 6) is 1.01. The van der Waals surface area contributed by atoms with Gasteiger partial charge in [-0.3, -0.25) is 0 Å². The minimum Gasteiger partial charge on any atom is -0.489 e. The van der Waals surface area contributed by atoms with Gasteiger partial charge in [-0.2, -0.15) is 9.61 Å². The minimum atomic E-state index is -0.997. The molecule has 0 amide bonds. The highest BCUT2D eigenvalue weighted by atomic mass is 35.5. The van der Waals surface area contributed by atoms with Crippen molar-refractivity contribution in [3.8, 4) is 28.1 Å². The predicted molar refractivity (Wildman–Crippen MR) is 194 cm³/mol. The van der Waals surface area contributed by atoms with Crippen LogP contribution >= 0.6 is 11.6 Å². The van der Waals surface area contributed by atoms with Crippen molar-refractivity contribution in [2.24, 2.45) is 5.41 Å². The summed E-state index contributed by atoms with van der Waals surface area (Å²) in [5.41, 5.74) is 4.84. The van der Waals surface area contributed by atoms with Gasteiger partial charge in [0.15, 0.2) is 11.8 Å². The van der Waals surface area contributed by atoms with E-state index in [1.165, 1.54) is 7.11 Å². The number of allylic oxidation sites excluding steroid dienone is 3. The number of carbonyl (C=O) groups is 1. The van der Waals surface area contributed by atoms with Crippen LogP contribution in [0.1, 0.15) is 57.9 Å². The van der Waals surface area contributed by atoms with E-state index in [0.29, 0.717) is 34.3 Å². The SMILES string of the molecule is C=C/C=C/C1(C)CCN(c2c(C(OC(C)(C)C)C(=O)OC)c(C)nc3cc(-c4cccc(-c5cc(Cl)ccc5OCC=C)c4)nn23)CC1. The molecule has 0 bridgehead atoms. The summed E-state index contributed by atoms with van der Waals surface area (Å²) in [5, 5.41) is 5.75. The number of fused-ring (bicyclic) bond motifs is 1. The number of ether oxygens (including phenoxy) is 3. The van der Waals surface area contributed by atoms with Crippen molar-refractivity contribution in [2.75, 3.05) is 31.7 Å². The third-order valence-corrected chi connectivity index (χ3v) is 8.80. The first-order valence-electron chi connectivity index (χ1n) is 16.2. The highest BCUT2D eigenvalue weighted by Gasteiger charge is 2.37. The lowest BCUT2D eigenvalue weighted by atomic mass is 9.80. The number of methoxy groups -OCH3 is 1. The maximum absolute atomic E-state index is 13.4. The number of halogens is 1. The van der Waals surface area contributed by atoms with Gasteiger partial charge in [0.25, 0.3) is 0 Å². The van der Waals surface area contributed by atoms with E-state index < -0.39 is 17.7 Å². The number of nitrogens with zero attached hydrogens (tertiary/aromatic N) is 4. The van der Waals surface area contributed by atoms with Gasteiger partial charge in [-0.15, -0.1) is 0 Å². The van der Waals surface area contributed by atoms with E-state index in [4.69, 9.17) is 35.9 Å². The Bertz CT molecular complexity index is 1850. The molecule has 48 heavy (non-hydrogen) atoms. The first-order chi connectivity index (χ1) is 22.9. The number of benzene rings is 2. The average Bonchev–Trinajstić information content (AvgIpc) is 3.49. The fourth-order valence-corrected chi connectivity index (χ4v) is 6.27. The molecule has 4 aromatic rings. The van der Waals surface area contributed by atoms with Crippen molar-refractivity contribution in [1.29, 1.82) is 0 Å². The number of piperidine rings is 1. The zero-order chi connectivity index (χ0) is 34.6. The van der Waals surface area contributed by atoms with Gasteiger partial charge in [0, 0.05) is 41.0 Å². The summed E-state index contributed by atoms with van der Waals surface area (Å²) in [4.78, 5) is 20.7. The molecule has 0 radical (unpaired) electrons. The van der Waals surface area contributed by atoms with E-state index in [-0.39, 0.29) is 5.41 Å². The Labute approximate surface area is 288 Å². The first kappa shape index (κ1) is 34.9. The molecule has 2 aromatic heterocycles. The van der Waals surface area contributed by atoms with Gasteiger partial charge in [-0.05, 0) is 75.8 Å². The van der Waals surface area contributed by atoms with E-state index in [1.54, 1.807) is 6.08 Å². The summed E-state index contributed by atoms with van der Waals surface area (Å²) in [7, 11) is 1.38. The molecule has 5 rings (SSSR count). The van der Waals surface area contributed by atoms with Gasteiger partial charge in [0.2, 0.25) is 0 Å². The van der Waals surface area contributed by atoms with Crippen molar-refractivity contribution < 1.29 is 19.0 Å². The molecule has 1 fully saturated rings. The van der Waals surface area contributed by atoms with Crippen molar-refractivity contribution in [3.05, 3.63) is 102 Å². The molecule has 1 aliphatic rings. The highest BCUT2D eigenvalue weighted by Crippen LogP contribution is 2.41. The maximum atomic E-state index is 13.4. The molecule has 1 aliphatic heterocycles. The van der Waals surface area contributed by atoms with E-state index in [0.717, 1.165) is 54.1 Å². The largest absolute Gasteiger partial charge is 0.489 e. The summed E-state index contributed by atoms with van der Waals surface area (Å²) >= 11 is 6.42. The number of esters is 1. The van der Waals surface area contributed by atoms with Gasteiger partial charge < -0.3 is 19.1 Å². The van der Waals surface area contributed by atoms with E-state index >= 15 is 0 Å². The van der Waals surface area contributed by atoms with Gasteiger partial charge in [0.05, 0.1) is 24.0 Å². The predicted octanol–water partition coefficient (Wildman–Crippen LogP) is 8.97. The van der Waals surface area contributed by atoms with Gasteiger partial charge in [0.1, 0.15) is 18.2 Å². The summed E-state index contributed by atoms with van der Waals surface area (Å²) < 4.78 is 19.5. The van der Waals surface area contributed by atoms with Crippen molar-refractivity contribution in [3.63, 3.8) is 0 Å². The van der Waals surface area contributed by atoms with Gasteiger partial charge in [-0.25, -0.2) is 9.78 Å². The maximum Gasteiger partial charge on any atom is 0.339 e. The third kappa shape index (κ3) is 7.66. The molecule has 0 N–H and O–H groups in total. The molecule has 0 aliphatic carbocycles. The van der Waals surface area contributed by atoms with Crippen LogP contribution in [0.25, 0.3) is 28.0 Å². The van der Waals surface area contributed by atoms with Crippen LogP contribution < -0.4 is 9.64 Å². The van der Waals surface area contributed by atoms with E-state index in [2.05, 4.69) is 37.1 Å². The van der Waals surface area contributed by atoms with E-state index in [1.807, 2.05) is 86.8 Å². The second-order valence-electron chi connectivity index (χ2n) is 13.4. The zero-order valence-corrected chi connectivity index (χ0v) is 29.5. The van der Waals surface area contributed by atoms with Crippen LogP contribution in [0.5, 0.6) is 5.75 Å². The summed E-state index contributed by atoms with van der Waals surface area (Å²) in [6.07, 6.45) is 8.61. The number of aryl methyl sites for hydroxylation is 1. The Kier molecular flexibility index (Phi) is 10.5. The minimum absolute atomic E-state index is 0.0278. The molecule has 252 valence electrons. The van der Waals surface area contributed by atoms with Crippen LogP contribution in [-0.4, -0.2) is 53.0 Å². The number of hydrogen-bond acceptors (Lipinski definition) is 7. The fraction of sp³-hybridized carbons (Fsp3) is 0.359. The van der Waals surface area contributed by atoms with Gasteiger partial charge in [-0.1, -0.05) is 74.2 Å². The molecule has 1 atom stereocenters. The molecule has 8 nitrogen and oxygen atoms in total. The monoisotopic (exact) mass is 668 g/mol.